The Balaban J connectivity index is 1.48. The van der Waals surface area contributed by atoms with Crippen molar-refractivity contribution >= 4 is 10.9 Å². The van der Waals surface area contributed by atoms with Gasteiger partial charge in [0.05, 0.1) is 0 Å². The van der Waals surface area contributed by atoms with Gasteiger partial charge in [-0.1, -0.05) is 0 Å². The molecule has 3 heterocycles. The molecule has 0 amide bonds. The Morgan fingerprint density at radius 1 is 1.17 bits per heavy atom. The van der Waals surface area contributed by atoms with Crippen LogP contribution in [-0.2, 0) is 13.1 Å². The van der Waals surface area contributed by atoms with E-state index in [1.165, 1.54) is 16.6 Å². The summed E-state index contributed by atoms with van der Waals surface area (Å²) < 4.78 is 8.74. The largest absolute Gasteiger partial charge is 0.490 e. The van der Waals surface area contributed by atoms with E-state index in [-0.39, 0.29) is 0 Å². The normalized spacial score (nSPS) is 22.9. The van der Waals surface area contributed by atoms with E-state index in [0.29, 0.717) is 18.2 Å². The van der Waals surface area contributed by atoms with Crippen LogP contribution >= 0.6 is 0 Å². The van der Waals surface area contributed by atoms with Crippen LogP contribution in [0, 0.1) is 0 Å². The van der Waals surface area contributed by atoms with Gasteiger partial charge in [-0.25, -0.2) is 0 Å². The fraction of sp³-hybridized carbons (Fsp3) is 0.600. The molecule has 0 radical (unpaired) electrons. The van der Waals surface area contributed by atoms with E-state index in [2.05, 4.69) is 59.8 Å². The molecule has 130 valence electrons. The Morgan fingerprint density at radius 3 is 2.71 bits per heavy atom. The molecule has 2 aliphatic heterocycles. The van der Waals surface area contributed by atoms with Crippen molar-refractivity contribution in [3.8, 4) is 5.75 Å². The van der Waals surface area contributed by atoms with Gasteiger partial charge in [-0.15, -0.1) is 0 Å². The van der Waals surface area contributed by atoms with Crippen molar-refractivity contribution in [3.63, 3.8) is 0 Å². The second-order valence-corrected chi connectivity index (χ2v) is 7.70. The molecule has 24 heavy (non-hydrogen) atoms. The van der Waals surface area contributed by atoms with Gasteiger partial charge < -0.3 is 19.5 Å². The molecule has 0 unspecified atom stereocenters. The molecule has 4 heteroatoms. The van der Waals surface area contributed by atoms with Gasteiger partial charge in [-0.3, -0.25) is 0 Å². The first kappa shape index (κ1) is 16.0. The predicted octanol–water partition coefficient (Wildman–Crippen LogP) is 3.38. The molecule has 1 fully saturated rings. The molecular formula is C20H29N3O. The molecule has 0 spiro atoms. The van der Waals surface area contributed by atoms with Crippen LogP contribution in [0.4, 0.5) is 0 Å². The first-order valence-electron chi connectivity index (χ1n) is 9.36. The Labute approximate surface area is 144 Å². The number of piperidine rings is 1. The van der Waals surface area contributed by atoms with E-state index in [1.54, 1.807) is 0 Å². The lowest BCUT2D eigenvalue weighted by atomic mass is 10.1. The van der Waals surface area contributed by atoms with Crippen molar-refractivity contribution in [3.05, 3.63) is 30.0 Å². The summed E-state index contributed by atoms with van der Waals surface area (Å²) >= 11 is 0. The molecule has 0 aliphatic carbocycles. The number of hydrogen-bond donors (Lipinski definition) is 1. The third-order valence-electron chi connectivity index (χ3n) is 5.56. The molecule has 2 aliphatic rings. The van der Waals surface area contributed by atoms with Crippen LogP contribution in [0.1, 0.15) is 39.3 Å². The molecular weight excluding hydrogens is 298 g/mol. The van der Waals surface area contributed by atoms with E-state index in [9.17, 15) is 0 Å². The van der Waals surface area contributed by atoms with Crippen molar-refractivity contribution in [1.29, 1.82) is 0 Å². The van der Waals surface area contributed by atoms with Crippen LogP contribution in [0.3, 0.4) is 0 Å². The van der Waals surface area contributed by atoms with E-state index in [4.69, 9.17) is 4.74 Å². The second-order valence-electron chi connectivity index (χ2n) is 7.70. The Bertz CT molecular complexity index is 713. The number of rotatable bonds is 3. The highest BCUT2D eigenvalue weighted by Gasteiger charge is 2.22. The highest BCUT2D eigenvalue weighted by Crippen LogP contribution is 2.28. The van der Waals surface area contributed by atoms with Gasteiger partial charge in [0.2, 0.25) is 0 Å². The lowest BCUT2D eigenvalue weighted by Crippen LogP contribution is -2.41. The van der Waals surface area contributed by atoms with Crippen LogP contribution in [0.25, 0.3) is 10.9 Å². The van der Waals surface area contributed by atoms with Crippen molar-refractivity contribution in [1.82, 2.24) is 14.8 Å². The zero-order valence-corrected chi connectivity index (χ0v) is 15.1. The fourth-order valence-corrected chi connectivity index (χ4v) is 4.06. The van der Waals surface area contributed by atoms with Crippen LogP contribution < -0.4 is 10.1 Å². The topological polar surface area (TPSA) is 29.4 Å². The van der Waals surface area contributed by atoms with Crippen LogP contribution in [-0.4, -0.2) is 40.7 Å². The number of hydrogen-bond acceptors (Lipinski definition) is 3. The summed E-state index contributed by atoms with van der Waals surface area (Å²) in [6.07, 6.45) is 2.62. The highest BCUT2D eigenvalue weighted by molar-refractivity contribution is 5.83. The first-order chi connectivity index (χ1) is 11.6. The van der Waals surface area contributed by atoms with Gasteiger partial charge in [0.1, 0.15) is 11.9 Å². The Morgan fingerprint density at radius 2 is 1.96 bits per heavy atom. The molecule has 1 aromatic heterocycles. The average molecular weight is 327 g/mol. The Kier molecular flexibility index (Phi) is 4.27. The number of nitrogens with zero attached hydrogens (tertiary/aromatic N) is 2. The summed E-state index contributed by atoms with van der Waals surface area (Å²) in [6.45, 7) is 11.1. The summed E-state index contributed by atoms with van der Waals surface area (Å²) in [5.74, 6) is 1.02. The van der Waals surface area contributed by atoms with Crippen molar-refractivity contribution < 1.29 is 4.74 Å². The molecule has 2 aromatic rings. The summed E-state index contributed by atoms with van der Waals surface area (Å²) in [5.41, 5.74) is 2.71. The van der Waals surface area contributed by atoms with E-state index < -0.39 is 0 Å². The standard InChI is InChI=1S/C20H29N3O/c1-14(2)22-8-6-18(7-9-22)24-19-4-5-20-16(11-19)10-17-12-21-15(3)13-23(17)20/h4-5,10-11,14-15,18,21H,6-9,12-13H2,1-3H3/t15-/m1/s1. The number of ether oxygens (including phenoxy) is 1. The smallest absolute Gasteiger partial charge is 0.120 e. The molecule has 0 saturated carbocycles. The van der Waals surface area contributed by atoms with Gasteiger partial charge in [-0.2, -0.15) is 0 Å². The monoisotopic (exact) mass is 327 g/mol. The third-order valence-corrected chi connectivity index (χ3v) is 5.56. The van der Waals surface area contributed by atoms with Crippen molar-refractivity contribution in [2.24, 2.45) is 0 Å². The molecule has 1 aromatic carbocycles. The Hall–Kier alpha value is -1.52. The number of likely N-dealkylation sites (tertiary alicyclic amines) is 1. The maximum atomic E-state index is 6.29. The van der Waals surface area contributed by atoms with Gasteiger partial charge >= 0.3 is 0 Å². The number of benzene rings is 1. The molecule has 1 N–H and O–H groups in total. The minimum absolute atomic E-state index is 0.358. The number of fused-ring (bicyclic) bond motifs is 3. The molecule has 1 atom stereocenters. The molecule has 4 rings (SSSR count). The summed E-state index contributed by atoms with van der Waals surface area (Å²) in [5, 5.41) is 4.84. The van der Waals surface area contributed by atoms with Crippen LogP contribution in [0.2, 0.25) is 0 Å². The first-order valence-corrected chi connectivity index (χ1v) is 9.36. The molecule has 1 saturated heterocycles. The van der Waals surface area contributed by atoms with Gasteiger partial charge in [-0.05, 0) is 57.9 Å². The molecule has 4 nitrogen and oxygen atoms in total. The summed E-state index contributed by atoms with van der Waals surface area (Å²) in [7, 11) is 0. The summed E-state index contributed by atoms with van der Waals surface area (Å²) in [6, 6.07) is 10.1. The lowest BCUT2D eigenvalue weighted by Gasteiger charge is -2.34. The maximum absolute atomic E-state index is 6.29. The van der Waals surface area contributed by atoms with E-state index >= 15 is 0 Å². The van der Waals surface area contributed by atoms with Gasteiger partial charge in [0.25, 0.3) is 0 Å². The SMILES string of the molecule is CC(C)N1CCC(Oc2ccc3c(c2)cc2n3C[C@@H](C)NC2)CC1. The van der Waals surface area contributed by atoms with Crippen LogP contribution in [0.15, 0.2) is 24.3 Å². The lowest BCUT2D eigenvalue weighted by molar-refractivity contribution is 0.0844. The number of nitrogens with one attached hydrogen (secondary N) is 1. The molecule has 0 bridgehead atoms. The van der Waals surface area contributed by atoms with Gasteiger partial charge in [0.15, 0.2) is 0 Å². The minimum atomic E-state index is 0.358. The zero-order valence-electron chi connectivity index (χ0n) is 15.1. The maximum Gasteiger partial charge on any atom is 0.120 e. The quantitative estimate of drug-likeness (QED) is 0.937. The second kappa shape index (κ2) is 6.41. The average Bonchev–Trinajstić information content (AvgIpc) is 2.92. The minimum Gasteiger partial charge on any atom is -0.490 e. The highest BCUT2D eigenvalue weighted by atomic mass is 16.5. The van der Waals surface area contributed by atoms with Crippen molar-refractivity contribution in [2.75, 3.05) is 13.1 Å². The fourth-order valence-electron chi connectivity index (χ4n) is 4.06. The van der Waals surface area contributed by atoms with Gasteiger partial charge in [0, 0.05) is 54.9 Å². The number of aromatic nitrogens is 1. The van der Waals surface area contributed by atoms with E-state index in [0.717, 1.165) is 44.8 Å². The van der Waals surface area contributed by atoms with Crippen molar-refractivity contribution in [2.45, 2.75) is 64.9 Å². The third kappa shape index (κ3) is 3.05. The zero-order chi connectivity index (χ0) is 16.7. The predicted molar refractivity (Wildman–Crippen MR) is 98.6 cm³/mol. The van der Waals surface area contributed by atoms with E-state index in [1.807, 2.05) is 0 Å². The van der Waals surface area contributed by atoms with Crippen LogP contribution in [0.5, 0.6) is 5.75 Å². The summed E-state index contributed by atoms with van der Waals surface area (Å²) in [4.78, 5) is 2.54.